The van der Waals surface area contributed by atoms with Crippen molar-refractivity contribution in [2.24, 2.45) is 0 Å². The fourth-order valence-corrected chi connectivity index (χ4v) is 2.27. The molecule has 1 aromatic heterocycles. The van der Waals surface area contributed by atoms with Crippen LogP contribution in [0.5, 0.6) is 0 Å². The minimum atomic E-state index is 0.724. The molecule has 0 unspecified atom stereocenters. The lowest BCUT2D eigenvalue weighted by atomic mass is 10.2. The summed E-state index contributed by atoms with van der Waals surface area (Å²) in [4.78, 5) is 2.49. The number of hydrogen-bond donors (Lipinski definition) is 0. The molecule has 0 amide bonds. The van der Waals surface area contributed by atoms with Crippen LogP contribution in [-0.2, 0) is 13.1 Å². The van der Waals surface area contributed by atoms with Crippen molar-refractivity contribution in [2.75, 3.05) is 0 Å². The highest BCUT2D eigenvalue weighted by atomic mass is 16.5. The van der Waals surface area contributed by atoms with Crippen molar-refractivity contribution in [2.45, 2.75) is 38.9 Å². The third-order valence-electron chi connectivity index (χ3n) is 3.33. The van der Waals surface area contributed by atoms with Gasteiger partial charge in [0.05, 0.1) is 5.69 Å². The van der Waals surface area contributed by atoms with Crippen molar-refractivity contribution >= 4 is 0 Å². The molecule has 0 N–H and O–H groups in total. The summed E-state index contributed by atoms with van der Waals surface area (Å²) in [6.45, 7) is 3.82. The Hall–Kier alpha value is -1.61. The summed E-state index contributed by atoms with van der Waals surface area (Å²) in [6.07, 6.45) is 2.62. The molecule has 1 saturated carbocycles. The lowest BCUT2D eigenvalue weighted by Gasteiger charge is -2.20. The molecule has 3 heteroatoms. The molecule has 1 aliphatic carbocycles. The summed E-state index contributed by atoms with van der Waals surface area (Å²) in [7, 11) is 0. The van der Waals surface area contributed by atoms with E-state index < -0.39 is 0 Å². The van der Waals surface area contributed by atoms with Gasteiger partial charge in [0.15, 0.2) is 0 Å². The van der Waals surface area contributed by atoms with E-state index in [1.807, 2.05) is 13.0 Å². The van der Waals surface area contributed by atoms with E-state index in [2.05, 4.69) is 40.4 Å². The lowest BCUT2D eigenvalue weighted by molar-refractivity contribution is 0.237. The van der Waals surface area contributed by atoms with Gasteiger partial charge in [0.1, 0.15) is 5.76 Å². The van der Waals surface area contributed by atoms with Crippen LogP contribution in [0.2, 0.25) is 0 Å². The topological polar surface area (TPSA) is 29.3 Å². The predicted molar refractivity (Wildman–Crippen MR) is 70.0 cm³/mol. The maximum absolute atomic E-state index is 5.14. The van der Waals surface area contributed by atoms with E-state index in [1.165, 1.54) is 18.4 Å². The van der Waals surface area contributed by atoms with Gasteiger partial charge in [0, 0.05) is 25.2 Å². The number of aromatic nitrogens is 1. The average Bonchev–Trinajstić information content (AvgIpc) is 3.15. The monoisotopic (exact) mass is 242 g/mol. The zero-order valence-electron chi connectivity index (χ0n) is 10.7. The van der Waals surface area contributed by atoms with E-state index in [1.54, 1.807) is 0 Å². The van der Waals surface area contributed by atoms with Crippen LogP contribution >= 0.6 is 0 Å². The summed E-state index contributed by atoms with van der Waals surface area (Å²) < 4.78 is 5.14. The number of nitrogens with zero attached hydrogens (tertiary/aromatic N) is 2. The normalized spacial score (nSPS) is 15.2. The molecule has 0 bridgehead atoms. The summed E-state index contributed by atoms with van der Waals surface area (Å²) in [5.41, 5.74) is 2.40. The van der Waals surface area contributed by atoms with Crippen molar-refractivity contribution in [3.63, 3.8) is 0 Å². The lowest BCUT2D eigenvalue weighted by Crippen LogP contribution is -2.25. The Balaban J connectivity index is 1.69. The molecular weight excluding hydrogens is 224 g/mol. The molecule has 1 aromatic carbocycles. The van der Waals surface area contributed by atoms with Crippen molar-refractivity contribution < 1.29 is 4.52 Å². The number of hydrogen-bond acceptors (Lipinski definition) is 3. The first-order valence-corrected chi connectivity index (χ1v) is 6.51. The molecule has 1 fully saturated rings. The number of aryl methyl sites for hydroxylation is 1. The molecule has 0 spiro atoms. The van der Waals surface area contributed by atoms with Gasteiger partial charge in [0.2, 0.25) is 0 Å². The molecule has 1 heterocycles. The Morgan fingerprint density at radius 2 is 2.00 bits per heavy atom. The van der Waals surface area contributed by atoms with Crippen LogP contribution in [0.15, 0.2) is 40.9 Å². The van der Waals surface area contributed by atoms with Gasteiger partial charge in [-0.25, -0.2) is 0 Å². The minimum absolute atomic E-state index is 0.724. The molecule has 94 valence electrons. The van der Waals surface area contributed by atoms with Crippen LogP contribution in [0.3, 0.4) is 0 Å². The van der Waals surface area contributed by atoms with Crippen LogP contribution in [0.1, 0.15) is 29.9 Å². The number of benzene rings is 1. The average molecular weight is 242 g/mol. The Labute approximate surface area is 107 Å². The summed E-state index contributed by atoms with van der Waals surface area (Å²) in [6, 6.07) is 13.4. The molecule has 3 rings (SSSR count). The Bertz CT molecular complexity index is 502. The van der Waals surface area contributed by atoms with E-state index in [-0.39, 0.29) is 0 Å². The molecule has 0 saturated heterocycles. The van der Waals surface area contributed by atoms with Crippen LogP contribution in [0.4, 0.5) is 0 Å². The zero-order chi connectivity index (χ0) is 12.4. The summed E-state index contributed by atoms with van der Waals surface area (Å²) in [5.74, 6) is 0.889. The maximum atomic E-state index is 5.14. The van der Waals surface area contributed by atoms with Gasteiger partial charge in [-0.05, 0) is 25.3 Å². The van der Waals surface area contributed by atoms with Gasteiger partial charge < -0.3 is 4.52 Å². The van der Waals surface area contributed by atoms with E-state index in [0.29, 0.717) is 0 Å². The highest BCUT2D eigenvalue weighted by Crippen LogP contribution is 2.29. The second-order valence-corrected chi connectivity index (χ2v) is 5.05. The van der Waals surface area contributed by atoms with Crippen molar-refractivity contribution in [3.8, 4) is 0 Å². The van der Waals surface area contributed by atoms with Crippen molar-refractivity contribution in [3.05, 3.63) is 53.4 Å². The van der Waals surface area contributed by atoms with Crippen LogP contribution < -0.4 is 0 Å². The quantitative estimate of drug-likeness (QED) is 0.806. The van der Waals surface area contributed by atoms with Crippen LogP contribution in [0.25, 0.3) is 0 Å². The van der Waals surface area contributed by atoms with Crippen molar-refractivity contribution in [1.82, 2.24) is 10.1 Å². The molecule has 1 aliphatic rings. The van der Waals surface area contributed by atoms with Gasteiger partial charge >= 0.3 is 0 Å². The maximum Gasteiger partial charge on any atom is 0.133 e. The Morgan fingerprint density at radius 1 is 1.22 bits per heavy atom. The largest absolute Gasteiger partial charge is 0.361 e. The second-order valence-electron chi connectivity index (χ2n) is 5.05. The van der Waals surface area contributed by atoms with Gasteiger partial charge in [-0.3, -0.25) is 4.90 Å². The third kappa shape index (κ3) is 2.79. The van der Waals surface area contributed by atoms with Crippen molar-refractivity contribution in [1.29, 1.82) is 0 Å². The first-order valence-electron chi connectivity index (χ1n) is 6.51. The zero-order valence-corrected chi connectivity index (χ0v) is 10.7. The minimum Gasteiger partial charge on any atom is -0.361 e. The van der Waals surface area contributed by atoms with E-state index in [4.69, 9.17) is 4.52 Å². The molecule has 2 aromatic rings. The first-order chi connectivity index (χ1) is 8.81. The highest BCUT2D eigenvalue weighted by molar-refractivity contribution is 5.15. The molecule has 18 heavy (non-hydrogen) atoms. The highest BCUT2D eigenvalue weighted by Gasteiger charge is 2.29. The fraction of sp³-hybridized carbons (Fsp3) is 0.400. The molecule has 0 radical (unpaired) electrons. The molecular formula is C15H18N2O. The van der Waals surface area contributed by atoms with Gasteiger partial charge in [-0.2, -0.15) is 0 Å². The van der Waals surface area contributed by atoms with E-state index in [0.717, 1.165) is 30.6 Å². The fourth-order valence-electron chi connectivity index (χ4n) is 2.27. The van der Waals surface area contributed by atoms with Crippen LogP contribution in [-0.4, -0.2) is 16.1 Å². The standard InChI is InChI=1S/C15H18N2O/c1-12-9-14(16-18-12)11-17(15-7-8-15)10-13-5-3-2-4-6-13/h2-6,9,15H,7-8,10-11H2,1H3. The van der Waals surface area contributed by atoms with Gasteiger partial charge in [-0.15, -0.1) is 0 Å². The second kappa shape index (κ2) is 4.94. The van der Waals surface area contributed by atoms with Gasteiger partial charge in [0.25, 0.3) is 0 Å². The van der Waals surface area contributed by atoms with Crippen LogP contribution in [0, 0.1) is 6.92 Å². The molecule has 3 nitrogen and oxygen atoms in total. The molecule has 0 aliphatic heterocycles. The summed E-state index contributed by atoms with van der Waals surface area (Å²) in [5, 5.41) is 4.09. The number of rotatable bonds is 5. The predicted octanol–water partition coefficient (Wildman–Crippen LogP) is 3.15. The SMILES string of the molecule is Cc1cc(CN(Cc2ccccc2)C2CC2)no1. The Kier molecular flexibility index (Phi) is 3.15. The first kappa shape index (κ1) is 11.5. The Morgan fingerprint density at radius 3 is 2.61 bits per heavy atom. The van der Waals surface area contributed by atoms with Gasteiger partial charge in [-0.1, -0.05) is 35.5 Å². The smallest absolute Gasteiger partial charge is 0.133 e. The van der Waals surface area contributed by atoms with E-state index in [9.17, 15) is 0 Å². The molecule has 0 atom stereocenters. The van der Waals surface area contributed by atoms with E-state index >= 15 is 0 Å². The third-order valence-corrected chi connectivity index (χ3v) is 3.33. The summed E-state index contributed by atoms with van der Waals surface area (Å²) >= 11 is 0.